The van der Waals surface area contributed by atoms with Gasteiger partial charge in [-0.1, -0.05) is 18.3 Å². The summed E-state index contributed by atoms with van der Waals surface area (Å²) in [6.07, 6.45) is 0. The van der Waals surface area contributed by atoms with Crippen molar-refractivity contribution in [1.29, 1.82) is 0 Å². The molecule has 6 heteroatoms. The number of hydrogen-bond donors (Lipinski definition) is 1. The van der Waals surface area contributed by atoms with E-state index in [0.29, 0.717) is 0 Å². The first-order valence-corrected chi connectivity index (χ1v) is 3.96. The summed E-state index contributed by atoms with van der Waals surface area (Å²) < 4.78 is 40.8. The Morgan fingerprint density at radius 1 is 1.43 bits per heavy atom. The van der Waals surface area contributed by atoms with Crippen LogP contribution < -0.4 is 10.5 Å². The SMILES string of the molecule is NC(=S)c1c(F)cccc1OC(F)F. The molecule has 1 rings (SSSR count). The van der Waals surface area contributed by atoms with Crippen molar-refractivity contribution in [2.45, 2.75) is 6.61 Å². The van der Waals surface area contributed by atoms with Gasteiger partial charge in [-0.25, -0.2) is 4.39 Å². The zero-order valence-electron chi connectivity index (χ0n) is 6.84. The fourth-order valence-corrected chi connectivity index (χ4v) is 1.14. The molecule has 0 aliphatic carbocycles. The van der Waals surface area contributed by atoms with Crippen LogP contribution in [0.25, 0.3) is 0 Å². The van der Waals surface area contributed by atoms with E-state index in [4.69, 9.17) is 5.73 Å². The van der Waals surface area contributed by atoms with Crippen LogP contribution in [0.5, 0.6) is 5.75 Å². The maximum Gasteiger partial charge on any atom is 0.387 e. The molecule has 0 bridgehead atoms. The van der Waals surface area contributed by atoms with Gasteiger partial charge in [-0.15, -0.1) is 0 Å². The van der Waals surface area contributed by atoms with Crippen molar-refractivity contribution in [3.05, 3.63) is 29.6 Å². The molecular weight excluding hydrogens is 215 g/mol. The lowest BCUT2D eigenvalue weighted by Gasteiger charge is -2.09. The second-order valence-electron chi connectivity index (χ2n) is 2.36. The first-order chi connectivity index (χ1) is 6.52. The molecule has 2 nitrogen and oxygen atoms in total. The third-order valence-electron chi connectivity index (χ3n) is 1.44. The number of hydrogen-bond acceptors (Lipinski definition) is 2. The molecule has 0 heterocycles. The Morgan fingerprint density at radius 2 is 2.07 bits per heavy atom. The van der Waals surface area contributed by atoms with Gasteiger partial charge in [0, 0.05) is 0 Å². The Bertz CT molecular complexity index is 356. The summed E-state index contributed by atoms with van der Waals surface area (Å²) in [5.41, 5.74) is 4.85. The second-order valence-corrected chi connectivity index (χ2v) is 2.80. The molecule has 0 aromatic heterocycles. The standard InChI is InChI=1S/C8H6F3NOS/c9-4-2-1-3-5(13-8(10)11)6(4)7(12)14/h1-3,8H,(H2,12,14). The Hall–Kier alpha value is -1.30. The van der Waals surface area contributed by atoms with E-state index in [-0.39, 0.29) is 16.3 Å². The summed E-state index contributed by atoms with van der Waals surface area (Å²) in [6.45, 7) is -3.04. The molecule has 0 aliphatic rings. The number of ether oxygens (including phenoxy) is 1. The molecule has 2 N–H and O–H groups in total. The highest BCUT2D eigenvalue weighted by Crippen LogP contribution is 2.22. The number of thiocarbonyl (C=S) groups is 1. The molecule has 76 valence electrons. The fourth-order valence-electron chi connectivity index (χ4n) is 0.938. The largest absolute Gasteiger partial charge is 0.434 e. The van der Waals surface area contributed by atoms with Gasteiger partial charge >= 0.3 is 6.61 Å². The van der Waals surface area contributed by atoms with Crippen molar-refractivity contribution >= 4 is 17.2 Å². The normalized spacial score (nSPS) is 10.3. The lowest BCUT2D eigenvalue weighted by atomic mass is 10.2. The van der Waals surface area contributed by atoms with Gasteiger partial charge < -0.3 is 10.5 Å². The van der Waals surface area contributed by atoms with Crippen molar-refractivity contribution in [2.24, 2.45) is 5.73 Å². The van der Waals surface area contributed by atoms with E-state index in [2.05, 4.69) is 17.0 Å². The number of alkyl halides is 2. The summed E-state index contributed by atoms with van der Waals surface area (Å²) >= 11 is 4.50. The molecule has 0 fully saturated rings. The van der Waals surface area contributed by atoms with E-state index in [0.717, 1.165) is 6.07 Å². The quantitative estimate of drug-likeness (QED) is 0.793. The molecule has 0 spiro atoms. The van der Waals surface area contributed by atoms with Crippen molar-refractivity contribution in [3.63, 3.8) is 0 Å². The van der Waals surface area contributed by atoms with Crippen LogP contribution in [0.15, 0.2) is 18.2 Å². The van der Waals surface area contributed by atoms with Gasteiger partial charge in [0.1, 0.15) is 16.6 Å². The zero-order chi connectivity index (χ0) is 10.7. The van der Waals surface area contributed by atoms with E-state index in [1.807, 2.05) is 0 Å². The molecule has 0 unspecified atom stereocenters. The molecule has 0 amide bonds. The highest BCUT2D eigenvalue weighted by atomic mass is 32.1. The van der Waals surface area contributed by atoms with E-state index >= 15 is 0 Å². The minimum atomic E-state index is -3.04. The highest BCUT2D eigenvalue weighted by Gasteiger charge is 2.15. The summed E-state index contributed by atoms with van der Waals surface area (Å²) in [4.78, 5) is -0.321. The van der Waals surface area contributed by atoms with Crippen LogP contribution in [0.1, 0.15) is 5.56 Å². The van der Waals surface area contributed by atoms with Gasteiger partial charge in [-0.05, 0) is 12.1 Å². The van der Waals surface area contributed by atoms with E-state index in [1.54, 1.807) is 0 Å². The molecule has 0 saturated carbocycles. The van der Waals surface area contributed by atoms with Crippen LogP contribution in [0.2, 0.25) is 0 Å². The molecule has 0 aliphatic heterocycles. The molecule has 0 radical (unpaired) electrons. The van der Waals surface area contributed by atoms with Gasteiger partial charge in [0.15, 0.2) is 0 Å². The van der Waals surface area contributed by atoms with E-state index in [1.165, 1.54) is 12.1 Å². The summed E-state index contributed by atoms with van der Waals surface area (Å²) in [7, 11) is 0. The summed E-state index contributed by atoms with van der Waals surface area (Å²) in [5, 5.41) is 0. The summed E-state index contributed by atoms with van der Waals surface area (Å²) in [5.74, 6) is -1.14. The lowest BCUT2D eigenvalue weighted by molar-refractivity contribution is -0.0501. The van der Waals surface area contributed by atoms with Crippen molar-refractivity contribution < 1.29 is 17.9 Å². The number of nitrogens with two attached hydrogens (primary N) is 1. The Kier molecular flexibility index (Phi) is 3.29. The molecule has 1 aromatic carbocycles. The third kappa shape index (κ3) is 2.35. The smallest absolute Gasteiger partial charge is 0.387 e. The van der Waals surface area contributed by atoms with Crippen molar-refractivity contribution in [3.8, 4) is 5.75 Å². The van der Waals surface area contributed by atoms with Crippen LogP contribution in [0.4, 0.5) is 13.2 Å². The van der Waals surface area contributed by atoms with Gasteiger partial charge in [-0.2, -0.15) is 8.78 Å². The Balaban J connectivity index is 3.14. The minimum absolute atomic E-state index is 0.303. The average molecular weight is 221 g/mol. The molecule has 0 saturated heterocycles. The van der Waals surface area contributed by atoms with Gasteiger partial charge in [0.25, 0.3) is 0 Å². The molecule has 0 atom stereocenters. The Morgan fingerprint density at radius 3 is 2.57 bits per heavy atom. The van der Waals surface area contributed by atoms with E-state index < -0.39 is 12.4 Å². The highest BCUT2D eigenvalue weighted by molar-refractivity contribution is 7.80. The monoisotopic (exact) mass is 221 g/mol. The van der Waals surface area contributed by atoms with Crippen molar-refractivity contribution in [2.75, 3.05) is 0 Å². The third-order valence-corrected chi connectivity index (χ3v) is 1.64. The van der Waals surface area contributed by atoms with Crippen LogP contribution in [-0.4, -0.2) is 11.6 Å². The topological polar surface area (TPSA) is 35.2 Å². The fraction of sp³-hybridized carbons (Fsp3) is 0.125. The number of halogens is 3. The predicted molar refractivity (Wildman–Crippen MR) is 48.9 cm³/mol. The molecule has 1 aromatic rings. The van der Waals surface area contributed by atoms with Crippen molar-refractivity contribution in [1.82, 2.24) is 0 Å². The van der Waals surface area contributed by atoms with Gasteiger partial charge in [-0.3, -0.25) is 0 Å². The maximum absolute atomic E-state index is 13.1. The lowest BCUT2D eigenvalue weighted by Crippen LogP contribution is -2.15. The summed E-state index contributed by atoms with van der Waals surface area (Å²) in [6, 6.07) is 3.46. The van der Waals surface area contributed by atoms with Crippen LogP contribution in [0, 0.1) is 5.82 Å². The second kappa shape index (κ2) is 4.28. The van der Waals surface area contributed by atoms with Gasteiger partial charge in [0.2, 0.25) is 0 Å². The first-order valence-electron chi connectivity index (χ1n) is 3.55. The van der Waals surface area contributed by atoms with E-state index in [9.17, 15) is 13.2 Å². The zero-order valence-corrected chi connectivity index (χ0v) is 7.65. The molecule has 14 heavy (non-hydrogen) atoms. The Labute approximate surface area is 83.5 Å². The maximum atomic E-state index is 13.1. The van der Waals surface area contributed by atoms with Crippen LogP contribution in [0.3, 0.4) is 0 Å². The number of rotatable bonds is 3. The first kappa shape index (κ1) is 10.8. The molecular formula is C8H6F3NOS. The average Bonchev–Trinajstić information content (AvgIpc) is 2.01. The number of benzene rings is 1. The van der Waals surface area contributed by atoms with Crippen LogP contribution in [-0.2, 0) is 0 Å². The minimum Gasteiger partial charge on any atom is -0.434 e. The predicted octanol–water partition coefficient (Wildman–Crippen LogP) is 2.06. The van der Waals surface area contributed by atoms with Gasteiger partial charge in [0.05, 0.1) is 5.56 Å². The van der Waals surface area contributed by atoms with Crippen LogP contribution >= 0.6 is 12.2 Å².